The molecule has 0 amide bonds. The molecule has 0 saturated heterocycles. The lowest BCUT2D eigenvalue weighted by atomic mass is 10.1. The smallest absolute Gasteiger partial charge is 0.384 e. The van der Waals surface area contributed by atoms with Gasteiger partial charge in [-0.2, -0.15) is 0 Å². The van der Waals surface area contributed by atoms with Gasteiger partial charge in [0.1, 0.15) is 5.75 Å². The average Bonchev–Trinajstić information content (AvgIpc) is 2.35. The molecule has 0 heterocycles. The molecule has 0 spiro atoms. The van der Waals surface area contributed by atoms with Crippen LogP contribution < -0.4 is 0 Å². The Bertz CT molecular complexity index is 633. The maximum atomic E-state index is 10.9. The number of hydrogen-bond donors (Lipinski definition) is 1. The van der Waals surface area contributed by atoms with E-state index >= 15 is 0 Å². The van der Waals surface area contributed by atoms with E-state index in [1.54, 1.807) is 12.1 Å². The van der Waals surface area contributed by atoms with Crippen LogP contribution in [0.2, 0.25) is 0 Å². The van der Waals surface area contributed by atoms with Crippen molar-refractivity contribution < 1.29 is 14.6 Å². The van der Waals surface area contributed by atoms with Gasteiger partial charge in [-0.15, -0.1) is 0 Å². The van der Waals surface area contributed by atoms with Crippen molar-refractivity contribution in [1.82, 2.24) is 0 Å². The number of hydrogen-bond acceptors (Lipinski definition) is 3. The van der Waals surface area contributed by atoms with Crippen LogP contribution in [0.3, 0.4) is 0 Å². The molecule has 0 radical (unpaired) electrons. The third-order valence-corrected chi connectivity index (χ3v) is 2.32. The van der Waals surface area contributed by atoms with E-state index in [4.69, 9.17) is 0 Å². The lowest BCUT2D eigenvalue weighted by Crippen LogP contribution is -1.94. The molecular formula is C14H10O3. The van der Waals surface area contributed by atoms with Crippen molar-refractivity contribution in [2.24, 2.45) is 0 Å². The Labute approximate surface area is 98.6 Å². The number of rotatable bonds is 0. The third kappa shape index (κ3) is 2.56. The summed E-state index contributed by atoms with van der Waals surface area (Å²) in [6, 6.07) is 10.6. The fraction of sp³-hybridized carbons (Fsp3) is 0.0714. The quantitative estimate of drug-likeness (QED) is 0.552. The summed E-state index contributed by atoms with van der Waals surface area (Å²) in [5, 5.41) is 11.2. The molecule has 17 heavy (non-hydrogen) atoms. The van der Waals surface area contributed by atoms with Crippen LogP contribution in [0.25, 0.3) is 10.8 Å². The van der Waals surface area contributed by atoms with Crippen LogP contribution in [0.15, 0.2) is 36.4 Å². The second kappa shape index (κ2) is 4.58. The monoisotopic (exact) mass is 226 g/mol. The second-order valence-electron chi connectivity index (χ2n) is 3.49. The fourth-order valence-corrected chi connectivity index (χ4v) is 1.49. The minimum absolute atomic E-state index is 0.204. The second-order valence-corrected chi connectivity index (χ2v) is 3.49. The van der Waals surface area contributed by atoms with Gasteiger partial charge in [-0.05, 0) is 35.0 Å². The van der Waals surface area contributed by atoms with E-state index in [0.717, 1.165) is 10.8 Å². The number of esters is 1. The number of phenolic OH excluding ortho intramolecular Hbond substituents is 1. The molecule has 0 atom stereocenters. The lowest BCUT2D eigenvalue weighted by molar-refractivity contribution is -0.133. The van der Waals surface area contributed by atoms with E-state index in [1.807, 2.05) is 24.3 Å². The summed E-state index contributed by atoms with van der Waals surface area (Å²) < 4.78 is 4.43. The highest BCUT2D eigenvalue weighted by Gasteiger charge is 1.97. The minimum atomic E-state index is -0.569. The Morgan fingerprint density at radius 3 is 2.71 bits per heavy atom. The van der Waals surface area contributed by atoms with Gasteiger partial charge in [0.15, 0.2) is 0 Å². The molecule has 0 bridgehead atoms. The Morgan fingerprint density at radius 2 is 1.94 bits per heavy atom. The van der Waals surface area contributed by atoms with Crippen molar-refractivity contribution in [3.63, 3.8) is 0 Å². The summed E-state index contributed by atoms with van der Waals surface area (Å²) in [6.45, 7) is 0. The van der Waals surface area contributed by atoms with Gasteiger partial charge in [-0.1, -0.05) is 18.1 Å². The third-order valence-electron chi connectivity index (χ3n) is 2.32. The Balaban J connectivity index is 2.42. The molecule has 0 saturated carbocycles. The van der Waals surface area contributed by atoms with Crippen molar-refractivity contribution in [3.8, 4) is 17.6 Å². The van der Waals surface area contributed by atoms with Gasteiger partial charge in [0.05, 0.1) is 7.11 Å². The molecule has 0 aliphatic carbocycles. The van der Waals surface area contributed by atoms with E-state index in [9.17, 15) is 9.90 Å². The molecule has 1 N–H and O–H groups in total. The van der Waals surface area contributed by atoms with E-state index in [2.05, 4.69) is 16.6 Å². The summed E-state index contributed by atoms with van der Waals surface area (Å²) in [6.07, 6.45) is 0. The number of benzene rings is 2. The van der Waals surface area contributed by atoms with Gasteiger partial charge >= 0.3 is 5.97 Å². The van der Waals surface area contributed by atoms with Crippen molar-refractivity contribution in [2.45, 2.75) is 0 Å². The molecule has 84 valence electrons. The summed E-state index contributed by atoms with van der Waals surface area (Å²) in [4.78, 5) is 10.9. The van der Waals surface area contributed by atoms with Crippen molar-refractivity contribution in [1.29, 1.82) is 0 Å². The van der Waals surface area contributed by atoms with Gasteiger partial charge in [-0.25, -0.2) is 4.79 Å². The SMILES string of the molecule is COC(=O)C#Cc1ccc2ccc(O)cc2c1. The first-order valence-electron chi connectivity index (χ1n) is 5.02. The molecule has 0 unspecified atom stereocenters. The van der Waals surface area contributed by atoms with Gasteiger partial charge in [0.2, 0.25) is 0 Å². The van der Waals surface area contributed by atoms with Gasteiger partial charge in [0.25, 0.3) is 0 Å². The molecule has 0 fully saturated rings. The van der Waals surface area contributed by atoms with Crippen LogP contribution in [0, 0.1) is 11.8 Å². The molecule has 2 aromatic rings. The number of fused-ring (bicyclic) bond motifs is 1. The van der Waals surface area contributed by atoms with Crippen molar-refractivity contribution in [3.05, 3.63) is 42.0 Å². The first-order valence-corrected chi connectivity index (χ1v) is 5.02. The number of carbonyl (C=O) groups excluding carboxylic acids is 1. The predicted octanol–water partition coefficient (Wildman–Crippen LogP) is 2.07. The molecule has 2 aromatic carbocycles. The van der Waals surface area contributed by atoms with Gasteiger partial charge < -0.3 is 9.84 Å². The van der Waals surface area contributed by atoms with Gasteiger partial charge in [0, 0.05) is 11.5 Å². The van der Waals surface area contributed by atoms with Crippen LogP contribution in [-0.2, 0) is 9.53 Å². The highest BCUT2D eigenvalue weighted by molar-refractivity contribution is 5.90. The first kappa shape index (κ1) is 11.0. The van der Waals surface area contributed by atoms with Crippen LogP contribution in [0.4, 0.5) is 0 Å². The molecule has 0 aliphatic rings. The van der Waals surface area contributed by atoms with Gasteiger partial charge in [-0.3, -0.25) is 0 Å². The van der Waals surface area contributed by atoms with Crippen LogP contribution in [0.5, 0.6) is 5.75 Å². The Morgan fingerprint density at radius 1 is 1.18 bits per heavy atom. The highest BCUT2D eigenvalue weighted by atomic mass is 16.5. The Hall–Kier alpha value is -2.47. The minimum Gasteiger partial charge on any atom is -0.508 e. The summed E-state index contributed by atoms with van der Waals surface area (Å²) >= 11 is 0. The summed E-state index contributed by atoms with van der Waals surface area (Å²) in [7, 11) is 1.29. The zero-order chi connectivity index (χ0) is 12.3. The summed E-state index contributed by atoms with van der Waals surface area (Å²) in [5.41, 5.74) is 0.702. The van der Waals surface area contributed by atoms with E-state index < -0.39 is 5.97 Å². The number of carbonyl (C=O) groups is 1. The predicted molar refractivity (Wildman–Crippen MR) is 64.5 cm³/mol. The molecule has 2 rings (SSSR count). The molecular weight excluding hydrogens is 216 g/mol. The number of ether oxygens (including phenoxy) is 1. The zero-order valence-corrected chi connectivity index (χ0v) is 9.23. The normalized spacial score (nSPS) is 9.47. The molecule has 3 nitrogen and oxygen atoms in total. The highest BCUT2D eigenvalue weighted by Crippen LogP contribution is 2.20. The largest absolute Gasteiger partial charge is 0.508 e. The number of aromatic hydroxyl groups is 1. The maximum Gasteiger partial charge on any atom is 0.384 e. The van der Waals surface area contributed by atoms with Crippen LogP contribution >= 0.6 is 0 Å². The van der Waals surface area contributed by atoms with Crippen LogP contribution in [-0.4, -0.2) is 18.2 Å². The van der Waals surface area contributed by atoms with Crippen LogP contribution in [0.1, 0.15) is 5.56 Å². The average molecular weight is 226 g/mol. The van der Waals surface area contributed by atoms with E-state index in [1.165, 1.54) is 7.11 Å². The molecule has 0 aliphatic heterocycles. The van der Waals surface area contributed by atoms with E-state index in [0.29, 0.717) is 5.56 Å². The Kier molecular flexibility index (Phi) is 2.97. The first-order chi connectivity index (χ1) is 8.19. The number of phenols is 1. The van der Waals surface area contributed by atoms with E-state index in [-0.39, 0.29) is 5.75 Å². The standard InChI is InChI=1S/C14H10O3/c1-17-14(16)7-3-10-2-4-11-5-6-13(15)9-12(11)8-10/h2,4-6,8-9,15H,1H3. The fourth-order valence-electron chi connectivity index (χ4n) is 1.49. The molecule has 3 heteroatoms. The summed E-state index contributed by atoms with van der Waals surface area (Å²) in [5.74, 6) is 4.69. The maximum absolute atomic E-state index is 10.9. The van der Waals surface area contributed by atoms with Crippen molar-refractivity contribution in [2.75, 3.05) is 7.11 Å². The molecule has 0 aromatic heterocycles. The topological polar surface area (TPSA) is 46.5 Å². The zero-order valence-electron chi connectivity index (χ0n) is 9.23. The number of methoxy groups -OCH3 is 1. The van der Waals surface area contributed by atoms with Crippen molar-refractivity contribution >= 4 is 16.7 Å². The lowest BCUT2D eigenvalue weighted by Gasteiger charge is -1.99.